The fourth-order valence-electron chi connectivity index (χ4n) is 6.67. The van der Waals surface area contributed by atoms with Crippen molar-refractivity contribution >= 4 is 30.6 Å². The topological polar surface area (TPSA) is 74.3 Å². The van der Waals surface area contributed by atoms with E-state index >= 15 is 0 Å². The summed E-state index contributed by atoms with van der Waals surface area (Å²) < 4.78 is 23.9. The molecule has 1 aliphatic heterocycles. The van der Waals surface area contributed by atoms with Crippen molar-refractivity contribution in [1.82, 2.24) is 4.90 Å². The normalized spacial score (nSPS) is 15.0. The number of hydrogen-bond acceptors (Lipinski definition) is 6. The van der Waals surface area contributed by atoms with Gasteiger partial charge in [0, 0.05) is 19.6 Å². The van der Waals surface area contributed by atoms with Gasteiger partial charge in [0.2, 0.25) is 0 Å². The number of allylic oxidation sites excluding steroid dienone is 1. The summed E-state index contributed by atoms with van der Waals surface area (Å²) in [5, 5.41) is 2.40. The third kappa shape index (κ3) is 8.39. The zero-order valence-corrected chi connectivity index (χ0v) is 31.1. The zero-order chi connectivity index (χ0) is 35.1. The second kappa shape index (κ2) is 15.6. The second-order valence-electron chi connectivity index (χ2n) is 14.5. The van der Waals surface area contributed by atoms with E-state index in [1.54, 1.807) is 19.1 Å². The molecule has 0 spiro atoms. The van der Waals surface area contributed by atoms with E-state index in [0.717, 1.165) is 24.0 Å². The number of nitrogens with zero attached hydrogens (tertiary/aromatic N) is 1. The number of fused-ring (bicyclic) bond motifs is 1. The van der Waals surface area contributed by atoms with Gasteiger partial charge in [-0.05, 0) is 90.7 Å². The van der Waals surface area contributed by atoms with E-state index in [2.05, 4.69) is 75.9 Å². The Morgan fingerprint density at radius 2 is 1.42 bits per heavy atom. The number of ketones is 1. The highest BCUT2D eigenvalue weighted by Gasteiger charge is 2.50. The number of unbranched alkanes of at least 4 members (excludes halogenated alkanes) is 1. The van der Waals surface area contributed by atoms with Crippen LogP contribution in [0.3, 0.4) is 0 Å². The molecule has 0 fully saturated rings. The maximum Gasteiger partial charge on any atom is 0.410 e. The second-order valence-corrected chi connectivity index (χ2v) is 18.9. The number of hydrogen-bond donors (Lipinski definition) is 0. The van der Waals surface area contributed by atoms with E-state index < -0.39 is 26.1 Å². The molecular weight excluding hydrogens is 619 g/mol. The van der Waals surface area contributed by atoms with Gasteiger partial charge in [0.1, 0.15) is 5.60 Å². The summed E-state index contributed by atoms with van der Waals surface area (Å²) in [4.78, 5) is 28.8. The Hall–Kier alpha value is -3.88. The smallest absolute Gasteiger partial charge is 0.410 e. The molecule has 7 nitrogen and oxygen atoms in total. The Morgan fingerprint density at radius 3 is 1.94 bits per heavy atom. The number of ether oxygens (including phenoxy) is 3. The van der Waals surface area contributed by atoms with Crippen molar-refractivity contribution in [2.45, 2.75) is 90.3 Å². The quantitative estimate of drug-likeness (QED) is 0.105. The van der Waals surface area contributed by atoms with Crippen LogP contribution in [0.1, 0.15) is 84.4 Å². The molecular formula is C40H53NO6Si. The van der Waals surface area contributed by atoms with Crippen molar-refractivity contribution in [3.05, 3.63) is 96.1 Å². The van der Waals surface area contributed by atoms with Gasteiger partial charge < -0.3 is 23.5 Å². The van der Waals surface area contributed by atoms with Crippen LogP contribution in [0, 0.1) is 0 Å². The van der Waals surface area contributed by atoms with Crippen molar-refractivity contribution < 1.29 is 28.2 Å². The number of carbonyl (C=O) groups is 2. The maximum atomic E-state index is 13.7. The molecule has 0 bridgehead atoms. The van der Waals surface area contributed by atoms with Crippen LogP contribution >= 0.6 is 0 Å². The van der Waals surface area contributed by atoms with Gasteiger partial charge in [0.15, 0.2) is 17.3 Å². The highest BCUT2D eigenvalue weighted by Crippen LogP contribution is 2.41. The van der Waals surface area contributed by atoms with Crippen molar-refractivity contribution in [1.29, 1.82) is 0 Å². The van der Waals surface area contributed by atoms with Gasteiger partial charge in [-0.25, -0.2) is 4.79 Å². The van der Waals surface area contributed by atoms with Gasteiger partial charge >= 0.3 is 6.09 Å². The molecule has 0 N–H and O–H groups in total. The Balaban J connectivity index is 1.46. The highest BCUT2D eigenvalue weighted by atomic mass is 28.4. The van der Waals surface area contributed by atoms with E-state index in [4.69, 9.17) is 18.6 Å². The lowest BCUT2D eigenvalue weighted by Crippen LogP contribution is -2.66. The first kappa shape index (κ1) is 36.9. The summed E-state index contributed by atoms with van der Waals surface area (Å²) in [6.07, 6.45) is 2.41. The summed E-state index contributed by atoms with van der Waals surface area (Å²) in [7, 11) is 0.563. The molecule has 0 aromatic heterocycles. The molecule has 1 amide bonds. The van der Waals surface area contributed by atoms with Crippen molar-refractivity contribution in [3.63, 3.8) is 0 Å². The fraction of sp³-hybridized carbons (Fsp3) is 0.450. The molecule has 1 atom stereocenters. The summed E-state index contributed by atoms with van der Waals surface area (Å²) in [5.74, 6) is 1.11. The number of carbonyl (C=O) groups excluding carboxylic acids is 2. The van der Waals surface area contributed by atoms with Gasteiger partial charge in [-0.1, -0.05) is 88.0 Å². The SMILES string of the molecule is C=C(CCCCO[Si](c1ccccc1)(c1ccccc1)C(C)(C)C)C(=O)C[C@H]1c2cc(OC)c(OC)cc2CCN1C(=O)OC(C)(C)C. The van der Waals surface area contributed by atoms with Gasteiger partial charge in [-0.3, -0.25) is 4.79 Å². The van der Waals surface area contributed by atoms with Crippen LogP contribution in [0.4, 0.5) is 4.79 Å². The number of amides is 1. The molecule has 3 aromatic carbocycles. The fourth-order valence-corrected chi connectivity index (χ4v) is 11.3. The van der Waals surface area contributed by atoms with Crippen molar-refractivity contribution in [2.75, 3.05) is 27.4 Å². The number of benzene rings is 3. The number of methoxy groups -OCH3 is 2. The van der Waals surface area contributed by atoms with E-state index in [9.17, 15) is 9.59 Å². The van der Waals surface area contributed by atoms with Gasteiger partial charge in [0.25, 0.3) is 8.32 Å². The van der Waals surface area contributed by atoms with Gasteiger partial charge in [-0.2, -0.15) is 0 Å². The predicted molar refractivity (Wildman–Crippen MR) is 195 cm³/mol. The molecule has 3 aromatic rings. The first-order chi connectivity index (χ1) is 22.7. The average molecular weight is 672 g/mol. The molecule has 0 radical (unpaired) electrons. The monoisotopic (exact) mass is 671 g/mol. The largest absolute Gasteiger partial charge is 0.493 e. The molecule has 4 rings (SSSR count). The maximum absolute atomic E-state index is 13.7. The minimum Gasteiger partial charge on any atom is -0.493 e. The first-order valence-corrected chi connectivity index (χ1v) is 18.8. The minimum atomic E-state index is -2.62. The molecule has 0 unspecified atom stereocenters. The molecule has 0 aliphatic carbocycles. The lowest BCUT2D eigenvalue weighted by Gasteiger charge is -2.43. The van der Waals surface area contributed by atoms with Gasteiger partial charge in [0.05, 0.1) is 20.3 Å². The third-order valence-electron chi connectivity index (χ3n) is 9.01. The van der Waals surface area contributed by atoms with Gasteiger partial charge in [-0.15, -0.1) is 0 Å². The summed E-state index contributed by atoms with van der Waals surface area (Å²) in [6, 6.07) is 24.5. The Bertz CT molecular complexity index is 1520. The van der Waals surface area contributed by atoms with Crippen LogP contribution in [-0.2, 0) is 20.4 Å². The summed E-state index contributed by atoms with van der Waals surface area (Å²) >= 11 is 0. The molecule has 8 heteroatoms. The molecule has 0 saturated heterocycles. The van der Waals surface area contributed by atoms with Crippen LogP contribution in [0.25, 0.3) is 0 Å². The standard InChI is InChI=1S/C40H53NO6Si/c1-29(18-16-17-25-46-48(40(5,6)7,31-19-12-10-13-20-31)32-21-14-11-15-22-32)35(42)28-34-33-27-37(45-9)36(44-8)26-30(33)23-24-41(34)38(43)47-39(2,3)4/h10-15,19-22,26-27,34H,1,16-18,23-25,28H2,2-9H3/t34-/m0/s1. The van der Waals surface area contributed by atoms with Crippen LogP contribution in [-0.4, -0.2) is 58.1 Å². The minimum absolute atomic E-state index is 0.0657. The zero-order valence-electron chi connectivity index (χ0n) is 30.1. The third-order valence-corrected chi connectivity index (χ3v) is 14.1. The van der Waals surface area contributed by atoms with Crippen LogP contribution in [0.2, 0.25) is 5.04 Å². The highest BCUT2D eigenvalue weighted by molar-refractivity contribution is 6.99. The lowest BCUT2D eigenvalue weighted by molar-refractivity contribution is -0.117. The average Bonchev–Trinajstić information content (AvgIpc) is 3.05. The Kier molecular flexibility index (Phi) is 12.0. The van der Waals surface area contributed by atoms with Crippen LogP contribution < -0.4 is 19.8 Å². The number of Topliss-reactive ketones (excluding diaryl/α,β-unsaturated/α-hetero) is 1. The summed E-state index contributed by atoms with van der Waals surface area (Å²) in [5.41, 5.74) is 1.78. The van der Waals surface area contributed by atoms with E-state index in [-0.39, 0.29) is 17.2 Å². The molecule has 48 heavy (non-hydrogen) atoms. The van der Waals surface area contributed by atoms with E-state index in [1.807, 2.05) is 45.0 Å². The van der Waals surface area contributed by atoms with Crippen LogP contribution in [0.5, 0.6) is 11.5 Å². The predicted octanol–water partition coefficient (Wildman–Crippen LogP) is 7.80. The molecule has 0 saturated carbocycles. The first-order valence-electron chi connectivity index (χ1n) is 16.9. The lowest BCUT2D eigenvalue weighted by atomic mass is 9.87. The van der Waals surface area contributed by atoms with E-state index in [0.29, 0.717) is 43.1 Å². The Labute approximate surface area is 288 Å². The molecule has 1 aliphatic rings. The molecule has 1 heterocycles. The van der Waals surface area contributed by atoms with Crippen molar-refractivity contribution in [2.24, 2.45) is 0 Å². The van der Waals surface area contributed by atoms with E-state index in [1.165, 1.54) is 10.4 Å². The number of rotatable bonds is 13. The van der Waals surface area contributed by atoms with Crippen molar-refractivity contribution in [3.8, 4) is 11.5 Å². The van der Waals surface area contributed by atoms with Crippen LogP contribution in [0.15, 0.2) is 84.9 Å². The Morgan fingerprint density at radius 1 is 0.854 bits per heavy atom. The molecule has 258 valence electrons. The summed E-state index contributed by atoms with van der Waals surface area (Å²) in [6.45, 7) is 17.6.